The average molecular weight is 319 g/mol. The molecule has 0 spiro atoms. The Morgan fingerprint density at radius 2 is 2.14 bits per heavy atom. The van der Waals surface area contributed by atoms with Crippen molar-refractivity contribution in [3.05, 3.63) is 40.1 Å². The Labute approximate surface area is 134 Å². The van der Waals surface area contributed by atoms with Crippen molar-refractivity contribution in [2.45, 2.75) is 32.7 Å². The predicted octanol–water partition coefficient (Wildman–Crippen LogP) is 2.97. The van der Waals surface area contributed by atoms with Crippen LogP contribution in [0.15, 0.2) is 29.8 Å². The lowest BCUT2D eigenvalue weighted by Gasteiger charge is -2.21. The number of methoxy groups -OCH3 is 1. The molecule has 2 aromatic rings. The lowest BCUT2D eigenvalue weighted by Crippen LogP contribution is -2.24. The molecule has 0 aliphatic carbocycles. The smallest absolute Gasteiger partial charge is 0.244 e. The van der Waals surface area contributed by atoms with Crippen LogP contribution in [-0.4, -0.2) is 17.6 Å². The number of hydrogen-bond donors (Lipinski definition) is 2. The van der Waals surface area contributed by atoms with Crippen LogP contribution in [0.3, 0.4) is 0 Å². The molecule has 1 aromatic heterocycles. The van der Waals surface area contributed by atoms with Crippen molar-refractivity contribution in [3.8, 4) is 5.75 Å². The first kappa shape index (κ1) is 16.3. The topological polar surface area (TPSA) is 67.1 Å². The quantitative estimate of drug-likeness (QED) is 0.910. The molecule has 0 radical (unpaired) electrons. The Morgan fingerprint density at radius 1 is 1.41 bits per heavy atom. The predicted molar refractivity (Wildman–Crippen MR) is 88.5 cm³/mol. The molecule has 118 valence electrons. The molecule has 1 amide bonds. The lowest BCUT2D eigenvalue weighted by atomic mass is 9.87. The molecule has 0 bridgehead atoms. The minimum atomic E-state index is -0.179. The molecule has 1 heterocycles. The molecule has 0 aliphatic heterocycles. The number of ether oxygens (including phenoxy) is 1. The van der Waals surface area contributed by atoms with E-state index in [9.17, 15) is 4.79 Å². The van der Waals surface area contributed by atoms with Gasteiger partial charge in [-0.15, -0.1) is 11.3 Å². The van der Waals surface area contributed by atoms with Gasteiger partial charge in [0.25, 0.3) is 0 Å². The third kappa shape index (κ3) is 3.76. The first-order chi connectivity index (χ1) is 10.3. The number of anilines is 1. The summed E-state index contributed by atoms with van der Waals surface area (Å²) in [4.78, 5) is 12.5. The maximum atomic E-state index is 12.2. The number of nitrogens with one attached hydrogen (secondary N) is 2. The van der Waals surface area contributed by atoms with Gasteiger partial charge in [0.15, 0.2) is 4.80 Å². The van der Waals surface area contributed by atoms with Gasteiger partial charge < -0.3 is 14.6 Å². The SMILES string of the molecule is COc1ccc(C(C)(C)C)cc1NC(=O)Cn1ccsc1=N. The van der Waals surface area contributed by atoms with Crippen molar-refractivity contribution in [2.24, 2.45) is 0 Å². The van der Waals surface area contributed by atoms with Gasteiger partial charge >= 0.3 is 0 Å². The molecule has 0 atom stereocenters. The summed E-state index contributed by atoms with van der Waals surface area (Å²) in [5, 5.41) is 12.4. The van der Waals surface area contributed by atoms with Crippen LogP contribution in [0.4, 0.5) is 5.69 Å². The molecule has 6 heteroatoms. The number of aromatic nitrogens is 1. The molecular weight excluding hydrogens is 298 g/mol. The number of carbonyl (C=O) groups excluding carboxylic acids is 1. The zero-order chi connectivity index (χ0) is 16.3. The van der Waals surface area contributed by atoms with Gasteiger partial charge in [-0.25, -0.2) is 0 Å². The fourth-order valence-electron chi connectivity index (χ4n) is 2.04. The second kappa shape index (κ2) is 6.36. The Kier molecular flexibility index (Phi) is 4.71. The van der Waals surface area contributed by atoms with Crippen molar-refractivity contribution in [1.29, 1.82) is 5.41 Å². The molecule has 0 aliphatic rings. The van der Waals surface area contributed by atoms with Crippen LogP contribution in [0.2, 0.25) is 0 Å². The summed E-state index contributed by atoms with van der Waals surface area (Å²) in [6.45, 7) is 6.47. The molecule has 0 unspecified atom stereocenters. The van der Waals surface area contributed by atoms with Crippen LogP contribution in [0.1, 0.15) is 26.3 Å². The molecule has 1 aromatic carbocycles. The first-order valence-corrected chi connectivity index (χ1v) is 7.86. The summed E-state index contributed by atoms with van der Waals surface area (Å²) in [6.07, 6.45) is 1.73. The summed E-state index contributed by atoms with van der Waals surface area (Å²) in [5.74, 6) is 0.448. The standard InChI is InChI=1S/C16H21N3O2S/c1-16(2,3)11-5-6-13(21-4)12(9-11)18-14(20)10-19-7-8-22-15(19)17/h5-9,17H,10H2,1-4H3,(H,18,20). The van der Waals surface area contributed by atoms with Crippen LogP contribution in [0.5, 0.6) is 5.75 Å². The third-order valence-electron chi connectivity index (χ3n) is 3.33. The van der Waals surface area contributed by atoms with Crippen LogP contribution in [-0.2, 0) is 16.8 Å². The van der Waals surface area contributed by atoms with Gasteiger partial charge in [-0.05, 0) is 23.1 Å². The zero-order valence-corrected chi connectivity index (χ0v) is 14.1. The van der Waals surface area contributed by atoms with E-state index in [0.717, 1.165) is 5.56 Å². The van der Waals surface area contributed by atoms with Crippen LogP contribution >= 0.6 is 11.3 Å². The van der Waals surface area contributed by atoms with E-state index in [-0.39, 0.29) is 17.9 Å². The minimum absolute atomic E-state index is 0.0117. The Balaban J connectivity index is 2.22. The summed E-state index contributed by atoms with van der Waals surface area (Å²) in [6, 6.07) is 5.81. The second-order valence-electron chi connectivity index (χ2n) is 6.05. The first-order valence-electron chi connectivity index (χ1n) is 6.98. The number of rotatable bonds is 4. The normalized spacial score (nSPS) is 11.3. The van der Waals surface area contributed by atoms with Gasteiger partial charge in [-0.2, -0.15) is 0 Å². The monoisotopic (exact) mass is 319 g/mol. The fraction of sp³-hybridized carbons (Fsp3) is 0.375. The van der Waals surface area contributed by atoms with Crippen LogP contribution < -0.4 is 14.9 Å². The maximum absolute atomic E-state index is 12.2. The number of thiazole rings is 1. The van der Waals surface area contributed by atoms with Crippen molar-refractivity contribution in [2.75, 3.05) is 12.4 Å². The van der Waals surface area contributed by atoms with Crippen molar-refractivity contribution in [3.63, 3.8) is 0 Å². The molecule has 0 saturated carbocycles. The average Bonchev–Trinajstić information content (AvgIpc) is 2.83. The van der Waals surface area contributed by atoms with Gasteiger partial charge in [-0.1, -0.05) is 26.8 Å². The van der Waals surface area contributed by atoms with Crippen LogP contribution in [0, 0.1) is 5.41 Å². The summed E-state index contributed by atoms with van der Waals surface area (Å²) in [7, 11) is 1.58. The highest BCUT2D eigenvalue weighted by Crippen LogP contribution is 2.31. The second-order valence-corrected chi connectivity index (χ2v) is 6.94. The number of carbonyl (C=O) groups is 1. The largest absolute Gasteiger partial charge is 0.495 e. The number of nitrogens with zero attached hydrogens (tertiary/aromatic N) is 1. The van der Waals surface area contributed by atoms with E-state index >= 15 is 0 Å². The zero-order valence-electron chi connectivity index (χ0n) is 13.3. The van der Waals surface area contributed by atoms with Gasteiger partial charge in [0.2, 0.25) is 5.91 Å². The van der Waals surface area contributed by atoms with Gasteiger partial charge in [-0.3, -0.25) is 10.2 Å². The molecule has 2 N–H and O–H groups in total. The molecule has 5 nitrogen and oxygen atoms in total. The van der Waals surface area contributed by atoms with Gasteiger partial charge in [0.1, 0.15) is 12.3 Å². The van der Waals surface area contributed by atoms with Crippen molar-refractivity contribution < 1.29 is 9.53 Å². The number of hydrogen-bond acceptors (Lipinski definition) is 4. The van der Waals surface area contributed by atoms with E-state index in [0.29, 0.717) is 16.2 Å². The number of benzene rings is 1. The van der Waals surface area contributed by atoms with Gasteiger partial charge in [0.05, 0.1) is 12.8 Å². The van der Waals surface area contributed by atoms with E-state index < -0.39 is 0 Å². The minimum Gasteiger partial charge on any atom is -0.495 e. The van der Waals surface area contributed by atoms with Gasteiger partial charge in [0, 0.05) is 11.6 Å². The Hall–Kier alpha value is -2.08. The third-order valence-corrected chi connectivity index (χ3v) is 4.05. The summed E-state index contributed by atoms with van der Waals surface area (Å²) >= 11 is 1.29. The highest BCUT2D eigenvalue weighted by molar-refractivity contribution is 7.06. The van der Waals surface area contributed by atoms with E-state index in [2.05, 4.69) is 26.1 Å². The van der Waals surface area contributed by atoms with E-state index in [1.54, 1.807) is 23.3 Å². The molecular formula is C16H21N3O2S. The fourth-order valence-corrected chi connectivity index (χ4v) is 2.64. The van der Waals surface area contributed by atoms with Crippen LogP contribution in [0.25, 0.3) is 0 Å². The highest BCUT2D eigenvalue weighted by atomic mass is 32.1. The Morgan fingerprint density at radius 3 is 2.68 bits per heavy atom. The Bertz CT molecular complexity index is 725. The molecule has 0 saturated heterocycles. The van der Waals surface area contributed by atoms with Crippen molar-refractivity contribution >= 4 is 22.9 Å². The summed E-state index contributed by atoms with van der Waals surface area (Å²) in [5.41, 5.74) is 1.76. The van der Waals surface area contributed by atoms with E-state index in [4.69, 9.17) is 10.1 Å². The van der Waals surface area contributed by atoms with E-state index in [1.807, 2.05) is 18.2 Å². The molecule has 2 rings (SSSR count). The molecule has 0 fully saturated rings. The summed E-state index contributed by atoms with van der Waals surface area (Å²) < 4.78 is 6.91. The number of amides is 1. The lowest BCUT2D eigenvalue weighted by molar-refractivity contribution is -0.116. The highest BCUT2D eigenvalue weighted by Gasteiger charge is 2.17. The van der Waals surface area contributed by atoms with Crippen molar-refractivity contribution in [1.82, 2.24) is 4.57 Å². The van der Waals surface area contributed by atoms with E-state index in [1.165, 1.54) is 11.3 Å². The maximum Gasteiger partial charge on any atom is 0.244 e. The molecule has 22 heavy (non-hydrogen) atoms.